The van der Waals surface area contributed by atoms with Gasteiger partial charge in [0.15, 0.2) is 0 Å². The second kappa shape index (κ2) is 8.58. The number of esters is 1. The summed E-state index contributed by atoms with van der Waals surface area (Å²) in [6, 6.07) is 6.55. The number of benzene rings is 1. The van der Waals surface area contributed by atoms with Gasteiger partial charge in [-0.3, -0.25) is 14.9 Å². The van der Waals surface area contributed by atoms with Crippen molar-refractivity contribution in [2.75, 3.05) is 37.9 Å². The summed E-state index contributed by atoms with van der Waals surface area (Å²) in [5, 5.41) is 2.22. The monoisotopic (exact) mass is 352 g/mol. The topological polar surface area (TPSA) is 84.9 Å². The summed E-state index contributed by atoms with van der Waals surface area (Å²) >= 11 is 1.50. The molecule has 1 aromatic rings. The highest BCUT2D eigenvalue weighted by Gasteiger charge is 2.30. The number of rotatable bonds is 4. The maximum absolute atomic E-state index is 12.5. The van der Waals surface area contributed by atoms with E-state index >= 15 is 0 Å². The highest BCUT2D eigenvalue weighted by molar-refractivity contribution is 8.00. The molecule has 0 spiro atoms. The molecule has 24 heavy (non-hydrogen) atoms. The Labute approximate surface area is 144 Å². The van der Waals surface area contributed by atoms with E-state index in [1.54, 1.807) is 36.1 Å². The lowest BCUT2D eigenvalue weighted by atomic mass is 10.1. The first-order valence-corrected chi connectivity index (χ1v) is 8.62. The molecule has 1 atom stereocenters. The Bertz CT molecular complexity index is 605. The van der Waals surface area contributed by atoms with Crippen LogP contribution in [0.25, 0.3) is 0 Å². The molecule has 0 bridgehead atoms. The molecule has 1 aliphatic heterocycles. The molecule has 1 fully saturated rings. The van der Waals surface area contributed by atoms with E-state index in [0.29, 0.717) is 30.1 Å². The number of nitrogens with one attached hydrogen (secondary N) is 1. The van der Waals surface area contributed by atoms with Crippen molar-refractivity contribution in [3.8, 4) is 0 Å². The van der Waals surface area contributed by atoms with Crippen LogP contribution in [0.15, 0.2) is 24.3 Å². The third-order valence-corrected chi connectivity index (χ3v) is 4.63. The van der Waals surface area contributed by atoms with E-state index in [2.05, 4.69) is 5.32 Å². The second-order valence-corrected chi connectivity index (χ2v) is 6.37. The fourth-order valence-corrected chi connectivity index (χ4v) is 3.40. The first-order valence-electron chi connectivity index (χ1n) is 7.57. The van der Waals surface area contributed by atoms with Gasteiger partial charge in [0.25, 0.3) is 5.91 Å². The van der Waals surface area contributed by atoms with Crippen LogP contribution < -0.4 is 5.32 Å². The maximum atomic E-state index is 12.5. The average molecular weight is 352 g/mol. The molecule has 1 N–H and O–H groups in total. The van der Waals surface area contributed by atoms with Crippen molar-refractivity contribution in [1.82, 2.24) is 4.90 Å². The van der Waals surface area contributed by atoms with E-state index in [1.165, 1.54) is 18.9 Å². The SMILES string of the molecule is CCOC(=O)Nc1ccc(C(=O)N2CCS[C@@H](C(=O)OC)C2)cc1. The van der Waals surface area contributed by atoms with Gasteiger partial charge in [-0.1, -0.05) is 0 Å². The van der Waals surface area contributed by atoms with Crippen LogP contribution in [0.3, 0.4) is 0 Å². The molecule has 0 unspecified atom stereocenters. The van der Waals surface area contributed by atoms with Crippen LogP contribution >= 0.6 is 11.8 Å². The summed E-state index contributed by atoms with van der Waals surface area (Å²) in [4.78, 5) is 37.2. The smallest absolute Gasteiger partial charge is 0.411 e. The normalized spacial score (nSPS) is 17.1. The lowest BCUT2D eigenvalue weighted by Gasteiger charge is -2.31. The summed E-state index contributed by atoms with van der Waals surface area (Å²) in [7, 11) is 1.35. The van der Waals surface area contributed by atoms with E-state index in [0.717, 1.165) is 0 Å². The molecule has 8 heteroatoms. The third-order valence-electron chi connectivity index (χ3n) is 3.47. The lowest BCUT2D eigenvalue weighted by molar-refractivity contribution is -0.140. The molecule has 2 rings (SSSR count). The first kappa shape index (κ1) is 18.1. The molecule has 1 saturated heterocycles. The van der Waals surface area contributed by atoms with Crippen molar-refractivity contribution in [2.45, 2.75) is 12.2 Å². The standard InChI is InChI=1S/C16H20N2O5S/c1-3-23-16(21)17-12-6-4-11(5-7-12)14(19)18-8-9-24-13(10-18)15(20)22-2/h4-7,13H,3,8-10H2,1-2H3,(H,17,21)/t13-/m1/s1. The lowest BCUT2D eigenvalue weighted by Crippen LogP contribution is -2.44. The van der Waals surface area contributed by atoms with Crippen molar-refractivity contribution < 1.29 is 23.9 Å². The zero-order valence-electron chi connectivity index (χ0n) is 13.6. The van der Waals surface area contributed by atoms with Gasteiger partial charge in [0.2, 0.25) is 0 Å². The molecule has 1 heterocycles. The molecule has 0 aliphatic carbocycles. The van der Waals surface area contributed by atoms with Crippen molar-refractivity contribution in [3.63, 3.8) is 0 Å². The number of carbonyl (C=O) groups is 3. The quantitative estimate of drug-likeness (QED) is 0.834. The number of anilines is 1. The van der Waals surface area contributed by atoms with Crippen LogP contribution in [-0.4, -0.2) is 60.7 Å². The second-order valence-electron chi connectivity index (χ2n) is 5.06. The van der Waals surface area contributed by atoms with E-state index in [4.69, 9.17) is 9.47 Å². The number of carbonyl (C=O) groups excluding carboxylic acids is 3. The van der Waals surface area contributed by atoms with Gasteiger partial charge in [-0.15, -0.1) is 11.8 Å². The highest BCUT2D eigenvalue weighted by atomic mass is 32.2. The first-order chi connectivity index (χ1) is 11.5. The van der Waals surface area contributed by atoms with Crippen LogP contribution in [0.5, 0.6) is 0 Å². The van der Waals surface area contributed by atoms with Crippen LogP contribution in [0.4, 0.5) is 10.5 Å². The summed E-state index contributed by atoms with van der Waals surface area (Å²) in [5.74, 6) is 0.229. The summed E-state index contributed by atoms with van der Waals surface area (Å²) < 4.78 is 9.54. The van der Waals surface area contributed by atoms with Gasteiger partial charge in [0.1, 0.15) is 5.25 Å². The van der Waals surface area contributed by atoms with Gasteiger partial charge < -0.3 is 14.4 Å². The van der Waals surface area contributed by atoms with Crippen LogP contribution in [0, 0.1) is 0 Å². The molecule has 2 amide bonds. The number of hydrogen-bond acceptors (Lipinski definition) is 6. The molecule has 1 aromatic carbocycles. The number of hydrogen-bond donors (Lipinski definition) is 1. The van der Waals surface area contributed by atoms with Crippen molar-refractivity contribution in [1.29, 1.82) is 0 Å². The highest BCUT2D eigenvalue weighted by Crippen LogP contribution is 2.22. The average Bonchev–Trinajstić information content (AvgIpc) is 2.61. The zero-order chi connectivity index (χ0) is 17.5. The summed E-state index contributed by atoms with van der Waals surface area (Å²) in [6.45, 7) is 2.93. The van der Waals surface area contributed by atoms with Gasteiger partial charge in [-0.2, -0.15) is 0 Å². The van der Waals surface area contributed by atoms with Gasteiger partial charge in [0.05, 0.1) is 13.7 Å². The minimum Gasteiger partial charge on any atom is -0.468 e. The van der Waals surface area contributed by atoms with E-state index < -0.39 is 6.09 Å². The van der Waals surface area contributed by atoms with Crippen LogP contribution in [0.1, 0.15) is 17.3 Å². The number of amides is 2. The number of thioether (sulfide) groups is 1. The van der Waals surface area contributed by atoms with E-state index in [9.17, 15) is 14.4 Å². The van der Waals surface area contributed by atoms with Crippen molar-refractivity contribution >= 4 is 35.4 Å². The molecule has 1 aliphatic rings. The Kier molecular flexibility index (Phi) is 6.48. The zero-order valence-corrected chi connectivity index (χ0v) is 14.4. The van der Waals surface area contributed by atoms with Gasteiger partial charge >= 0.3 is 12.1 Å². The van der Waals surface area contributed by atoms with Gasteiger partial charge in [-0.25, -0.2) is 4.79 Å². The molecule has 0 radical (unpaired) electrons. The van der Waals surface area contributed by atoms with E-state index in [-0.39, 0.29) is 23.7 Å². The predicted molar refractivity (Wildman–Crippen MR) is 91.3 cm³/mol. The van der Waals surface area contributed by atoms with Crippen LogP contribution in [0.2, 0.25) is 0 Å². The number of methoxy groups -OCH3 is 1. The molecule has 0 saturated carbocycles. The minimum atomic E-state index is -0.537. The van der Waals surface area contributed by atoms with Crippen LogP contribution in [-0.2, 0) is 14.3 Å². The Hall–Kier alpha value is -2.22. The predicted octanol–water partition coefficient (Wildman–Crippen LogP) is 1.99. The molecular weight excluding hydrogens is 332 g/mol. The maximum Gasteiger partial charge on any atom is 0.411 e. The Morgan fingerprint density at radius 3 is 2.62 bits per heavy atom. The molecular formula is C16H20N2O5S. The Morgan fingerprint density at radius 1 is 1.29 bits per heavy atom. The van der Waals surface area contributed by atoms with Crippen molar-refractivity contribution in [3.05, 3.63) is 29.8 Å². The molecule has 7 nitrogen and oxygen atoms in total. The minimum absolute atomic E-state index is 0.146. The number of nitrogens with zero attached hydrogens (tertiary/aromatic N) is 1. The summed E-state index contributed by atoms with van der Waals surface area (Å²) in [5.41, 5.74) is 1.05. The van der Waals surface area contributed by atoms with E-state index in [1.807, 2.05) is 0 Å². The number of ether oxygens (including phenoxy) is 2. The van der Waals surface area contributed by atoms with Gasteiger partial charge in [0, 0.05) is 30.1 Å². The van der Waals surface area contributed by atoms with Crippen molar-refractivity contribution in [2.24, 2.45) is 0 Å². The summed E-state index contributed by atoms with van der Waals surface area (Å²) in [6.07, 6.45) is -0.537. The Morgan fingerprint density at radius 2 is 2.00 bits per heavy atom. The molecule has 130 valence electrons. The third kappa shape index (κ3) is 4.64. The largest absolute Gasteiger partial charge is 0.468 e. The fourth-order valence-electron chi connectivity index (χ4n) is 2.27. The molecule has 0 aromatic heterocycles. The van der Waals surface area contributed by atoms with Gasteiger partial charge in [-0.05, 0) is 31.2 Å². The Balaban J connectivity index is 1.99. The fraction of sp³-hybridized carbons (Fsp3) is 0.438.